The summed E-state index contributed by atoms with van der Waals surface area (Å²) < 4.78 is 1.80. The van der Waals surface area contributed by atoms with Crippen LogP contribution in [-0.4, -0.2) is 73.2 Å². The third kappa shape index (κ3) is 5.59. The molecule has 11 heteroatoms. The highest BCUT2D eigenvalue weighted by molar-refractivity contribution is 5.76. The monoisotopic (exact) mass is 590 g/mol. The van der Waals surface area contributed by atoms with Crippen LogP contribution in [0.25, 0.3) is 11.1 Å². The smallest absolute Gasteiger partial charge is 0.244 e. The zero-order chi connectivity index (χ0) is 29.5. The van der Waals surface area contributed by atoms with Gasteiger partial charge in [-0.15, -0.1) is 0 Å². The van der Waals surface area contributed by atoms with E-state index in [1.54, 1.807) is 4.68 Å². The lowest BCUT2D eigenvalue weighted by Crippen LogP contribution is -2.53. The Balaban J connectivity index is 1.00. The SMILES string of the molecule is O=C(Cn1cc(-c2cnc(NC3Cc4ccccc4C3)nc2)c(CN2CCc3ccccc3C2)n1)N1CCC2NNNC2C1. The van der Waals surface area contributed by atoms with Crippen LogP contribution in [0.4, 0.5) is 5.95 Å². The largest absolute Gasteiger partial charge is 0.351 e. The van der Waals surface area contributed by atoms with Crippen molar-refractivity contribution < 1.29 is 4.79 Å². The van der Waals surface area contributed by atoms with Gasteiger partial charge in [0.25, 0.3) is 0 Å². The predicted molar refractivity (Wildman–Crippen MR) is 167 cm³/mol. The quantitative estimate of drug-likeness (QED) is 0.257. The van der Waals surface area contributed by atoms with E-state index in [0.717, 1.165) is 62.1 Å². The summed E-state index contributed by atoms with van der Waals surface area (Å²) in [7, 11) is 0. The molecule has 0 spiro atoms. The molecule has 44 heavy (non-hydrogen) atoms. The summed E-state index contributed by atoms with van der Waals surface area (Å²) >= 11 is 0. The van der Waals surface area contributed by atoms with Gasteiger partial charge in [0.15, 0.2) is 0 Å². The van der Waals surface area contributed by atoms with E-state index in [1.807, 2.05) is 23.5 Å². The molecule has 0 bridgehead atoms. The van der Waals surface area contributed by atoms with E-state index in [2.05, 4.69) is 75.1 Å². The summed E-state index contributed by atoms with van der Waals surface area (Å²) in [6.45, 7) is 4.16. The fourth-order valence-electron chi connectivity index (χ4n) is 7.15. The summed E-state index contributed by atoms with van der Waals surface area (Å²) in [4.78, 5) is 27.2. The van der Waals surface area contributed by atoms with Gasteiger partial charge in [-0.2, -0.15) is 10.6 Å². The van der Waals surface area contributed by atoms with E-state index in [0.29, 0.717) is 31.1 Å². The number of rotatable bonds is 7. The van der Waals surface area contributed by atoms with Gasteiger partial charge in [0.2, 0.25) is 11.9 Å². The molecule has 5 heterocycles. The Hall–Kier alpha value is -4.16. The number of fused-ring (bicyclic) bond motifs is 3. The Kier molecular flexibility index (Phi) is 7.31. The molecule has 2 saturated heterocycles. The molecule has 226 valence electrons. The van der Waals surface area contributed by atoms with Crippen molar-refractivity contribution >= 4 is 11.9 Å². The van der Waals surface area contributed by atoms with E-state index in [4.69, 9.17) is 15.1 Å². The lowest BCUT2D eigenvalue weighted by Gasteiger charge is -2.33. The van der Waals surface area contributed by atoms with Gasteiger partial charge in [0, 0.05) is 74.5 Å². The number of hydrazine groups is 2. The fourth-order valence-corrected chi connectivity index (χ4v) is 7.15. The number of hydrogen-bond acceptors (Lipinski definition) is 9. The van der Waals surface area contributed by atoms with Crippen LogP contribution in [0.2, 0.25) is 0 Å². The zero-order valence-electron chi connectivity index (χ0n) is 24.7. The molecule has 3 aliphatic heterocycles. The number of hydrogen-bond donors (Lipinski definition) is 4. The second-order valence-electron chi connectivity index (χ2n) is 12.5. The summed E-state index contributed by atoms with van der Waals surface area (Å²) in [5, 5.41) is 8.51. The van der Waals surface area contributed by atoms with Gasteiger partial charge in [-0.25, -0.2) is 20.8 Å². The molecule has 2 atom stereocenters. The number of likely N-dealkylation sites (tertiary alicyclic amines) is 1. The van der Waals surface area contributed by atoms with Gasteiger partial charge in [0.1, 0.15) is 6.54 Å². The van der Waals surface area contributed by atoms with Crippen LogP contribution < -0.4 is 21.7 Å². The van der Waals surface area contributed by atoms with Crippen LogP contribution in [0.1, 0.15) is 34.4 Å². The Bertz CT molecular complexity index is 1630. The first-order valence-electron chi connectivity index (χ1n) is 15.7. The number of anilines is 1. The lowest BCUT2D eigenvalue weighted by atomic mass is 9.99. The van der Waals surface area contributed by atoms with E-state index in [1.165, 1.54) is 22.3 Å². The van der Waals surface area contributed by atoms with Gasteiger partial charge in [0.05, 0.1) is 11.7 Å². The minimum Gasteiger partial charge on any atom is -0.351 e. The first-order valence-corrected chi connectivity index (χ1v) is 15.7. The standard InChI is InChI=1S/C33H38N10O/c44-32(42-12-10-29-31(20-42)38-40-37-29)21-43-18-28(30(39-43)19-41-11-9-22-5-1-4-8-25(22)17-41)26-15-34-33(35-16-26)36-27-13-23-6-2-3-7-24(23)14-27/h1-8,15-16,18,27,29,31,37-38,40H,9-14,17,19-21H2,(H,34,35,36). The number of benzene rings is 2. The van der Waals surface area contributed by atoms with Crippen LogP contribution >= 0.6 is 0 Å². The van der Waals surface area contributed by atoms with Crippen molar-refractivity contribution in [3.05, 3.63) is 95.1 Å². The average Bonchev–Trinajstić information content (AvgIpc) is 3.79. The molecule has 4 aromatic rings. The van der Waals surface area contributed by atoms with Gasteiger partial charge in [-0.1, -0.05) is 48.5 Å². The van der Waals surface area contributed by atoms with E-state index >= 15 is 0 Å². The van der Waals surface area contributed by atoms with Crippen molar-refractivity contribution in [2.45, 2.75) is 63.4 Å². The molecule has 1 amide bonds. The van der Waals surface area contributed by atoms with Crippen LogP contribution in [0.3, 0.4) is 0 Å². The molecule has 0 saturated carbocycles. The van der Waals surface area contributed by atoms with Crippen molar-refractivity contribution in [1.29, 1.82) is 0 Å². The molecule has 4 aliphatic rings. The van der Waals surface area contributed by atoms with Crippen molar-refractivity contribution in [1.82, 2.24) is 45.9 Å². The second-order valence-corrected chi connectivity index (χ2v) is 12.5. The summed E-state index contributed by atoms with van der Waals surface area (Å²) in [6, 6.07) is 18.1. The Morgan fingerprint density at radius 3 is 2.43 bits per heavy atom. The number of nitrogens with zero attached hydrogens (tertiary/aromatic N) is 6. The van der Waals surface area contributed by atoms with Crippen molar-refractivity contribution in [2.24, 2.45) is 0 Å². The second kappa shape index (κ2) is 11.7. The number of carbonyl (C=O) groups excluding carboxylic acids is 1. The molecular weight excluding hydrogens is 552 g/mol. The number of carbonyl (C=O) groups is 1. The van der Waals surface area contributed by atoms with Crippen LogP contribution in [0.5, 0.6) is 0 Å². The number of aromatic nitrogens is 4. The van der Waals surface area contributed by atoms with E-state index in [-0.39, 0.29) is 18.5 Å². The Morgan fingerprint density at radius 1 is 0.909 bits per heavy atom. The maximum absolute atomic E-state index is 13.4. The molecule has 2 aromatic heterocycles. The topological polar surface area (TPSA) is 115 Å². The van der Waals surface area contributed by atoms with E-state index < -0.39 is 0 Å². The van der Waals surface area contributed by atoms with Gasteiger partial charge in [-0.3, -0.25) is 14.4 Å². The predicted octanol–water partition coefficient (Wildman–Crippen LogP) is 2.06. The van der Waals surface area contributed by atoms with Crippen LogP contribution in [0.15, 0.2) is 67.1 Å². The van der Waals surface area contributed by atoms with Crippen molar-refractivity contribution in [3.8, 4) is 11.1 Å². The molecule has 0 radical (unpaired) electrons. The molecule has 2 unspecified atom stereocenters. The average molecular weight is 591 g/mol. The third-order valence-electron chi connectivity index (χ3n) is 9.55. The highest BCUT2D eigenvalue weighted by Crippen LogP contribution is 2.28. The maximum Gasteiger partial charge on any atom is 0.244 e. The molecule has 4 N–H and O–H groups in total. The van der Waals surface area contributed by atoms with Crippen LogP contribution in [0, 0.1) is 0 Å². The minimum atomic E-state index is 0.0815. The van der Waals surface area contributed by atoms with Crippen molar-refractivity contribution in [2.75, 3.05) is 25.0 Å². The molecule has 2 aromatic carbocycles. The van der Waals surface area contributed by atoms with Gasteiger partial charge >= 0.3 is 0 Å². The highest BCUT2D eigenvalue weighted by atomic mass is 16.2. The third-order valence-corrected chi connectivity index (χ3v) is 9.55. The Morgan fingerprint density at radius 2 is 1.64 bits per heavy atom. The lowest BCUT2D eigenvalue weighted by molar-refractivity contribution is -0.133. The number of piperidine rings is 1. The summed E-state index contributed by atoms with van der Waals surface area (Å²) in [5.41, 5.74) is 17.9. The van der Waals surface area contributed by atoms with Gasteiger partial charge < -0.3 is 10.2 Å². The first-order chi connectivity index (χ1) is 21.6. The molecule has 11 nitrogen and oxygen atoms in total. The van der Waals surface area contributed by atoms with Crippen molar-refractivity contribution in [3.63, 3.8) is 0 Å². The normalized spacial score (nSPS) is 21.6. The van der Waals surface area contributed by atoms with Crippen LogP contribution in [-0.2, 0) is 43.7 Å². The molecule has 8 rings (SSSR count). The first kappa shape index (κ1) is 27.4. The summed E-state index contributed by atoms with van der Waals surface area (Å²) in [5.74, 6) is 0.717. The number of nitrogens with one attached hydrogen (secondary N) is 4. The maximum atomic E-state index is 13.4. The summed E-state index contributed by atoms with van der Waals surface area (Å²) in [6.07, 6.45) is 9.65. The minimum absolute atomic E-state index is 0.0815. The molecule has 2 fully saturated rings. The zero-order valence-corrected chi connectivity index (χ0v) is 24.7. The number of amides is 1. The Labute approximate surface area is 257 Å². The van der Waals surface area contributed by atoms with E-state index in [9.17, 15) is 4.79 Å². The molecule has 1 aliphatic carbocycles. The highest BCUT2D eigenvalue weighted by Gasteiger charge is 2.34. The van der Waals surface area contributed by atoms with Gasteiger partial charge in [-0.05, 0) is 47.9 Å². The molecular formula is C33H38N10O. The fraction of sp³-hybridized carbons (Fsp3) is 0.394.